The van der Waals surface area contributed by atoms with Gasteiger partial charge in [0.2, 0.25) is 0 Å². The Hall–Kier alpha value is -1.25. The molecule has 0 nitrogen and oxygen atoms in total. The summed E-state index contributed by atoms with van der Waals surface area (Å²) in [5, 5.41) is 0. The van der Waals surface area contributed by atoms with Gasteiger partial charge in [-0.25, -0.2) is 0 Å². The molecule has 0 amide bonds. The first-order valence-corrected chi connectivity index (χ1v) is 5.35. The third kappa shape index (κ3) is 2.13. The monoisotopic (exact) mass is 226 g/mol. The number of halogens is 3. The molecule has 0 spiro atoms. The van der Waals surface area contributed by atoms with E-state index in [0.717, 1.165) is 36.1 Å². The molecule has 0 aromatic heterocycles. The molecule has 1 aromatic carbocycles. The van der Waals surface area contributed by atoms with Gasteiger partial charge >= 0.3 is 6.18 Å². The van der Waals surface area contributed by atoms with Gasteiger partial charge in [0.05, 0.1) is 5.56 Å². The highest BCUT2D eigenvalue weighted by atomic mass is 19.4. The van der Waals surface area contributed by atoms with Crippen molar-refractivity contribution in [3.05, 3.63) is 42.0 Å². The summed E-state index contributed by atoms with van der Waals surface area (Å²) in [6, 6.07) is 5.28. The van der Waals surface area contributed by atoms with E-state index in [-0.39, 0.29) is 0 Å². The fourth-order valence-electron chi connectivity index (χ4n) is 1.87. The predicted octanol–water partition coefficient (Wildman–Crippen LogP) is 4.52. The van der Waals surface area contributed by atoms with Crippen LogP contribution in [0.4, 0.5) is 13.2 Å². The number of benzene rings is 1. The highest BCUT2D eigenvalue weighted by Crippen LogP contribution is 2.38. The van der Waals surface area contributed by atoms with E-state index in [4.69, 9.17) is 0 Å². The number of allylic oxidation sites excluding steroid dienone is 1. The molecule has 0 aliphatic heterocycles. The van der Waals surface area contributed by atoms with Crippen molar-refractivity contribution in [1.82, 2.24) is 0 Å². The Labute approximate surface area is 92.8 Å². The van der Waals surface area contributed by atoms with Crippen LogP contribution in [0, 0.1) is 5.92 Å². The molecule has 1 aliphatic rings. The van der Waals surface area contributed by atoms with Gasteiger partial charge in [0, 0.05) is 0 Å². The molecule has 1 aliphatic carbocycles. The van der Waals surface area contributed by atoms with Crippen molar-refractivity contribution in [3.63, 3.8) is 0 Å². The SMILES string of the molecule is C=C(c1ccc(C(F)(F)F)cc1)C1CCC1. The zero-order chi connectivity index (χ0) is 11.8. The molecule has 0 atom stereocenters. The smallest absolute Gasteiger partial charge is 0.166 e. The average Bonchev–Trinajstić information content (AvgIpc) is 2.14. The highest BCUT2D eigenvalue weighted by molar-refractivity contribution is 5.66. The molecule has 0 heterocycles. The van der Waals surface area contributed by atoms with Crippen molar-refractivity contribution in [2.24, 2.45) is 5.92 Å². The van der Waals surface area contributed by atoms with Crippen molar-refractivity contribution in [2.45, 2.75) is 25.4 Å². The lowest BCUT2D eigenvalue weighted by Crippen LogP contribution is -2.12. The Morgan fingerprint density at radius 1 is 1.12 bits per heavy atom. The van der Waals surface area contributed by atoms with Crippen molar-refractivity contribution in [3.8, 4) is 0 Å². The Morgan fingerprint density at radius 3 is 2.06 bits per heavy atom. The fourth-order valence-corrected chi connectivity index (χ4v) is 1.87. The lowest BCUT2D eigenvalue weighted by Gasteiger charge is -2.27. The zero-order valence-corrected chi connectivity index (χ0v) is 8.85. The summed E-state index contributed by atoms with van der Waals surface area (Å²) in [5.74, 6) is 0.469. The molecule has 16 heavy (non-hydrogen) atoms. The molecule has 0 saturated heterocycles. The van der Waals surface area contributed by atoms with Gasteiger partial charge in [-0.2, -0.15) is 13.2 Å². The van der Waals surface area contributed by atoms with E-state index in [1.165, 1.54) is 18.6 Å². The van der Waals surface area contributed by atoms with Crippen LogP contribution in [-0.4, -0.2) is 0 Å². The maximum Gasteiger partial charge on any atom is 0.416 e. The van der Waals surface area contributed by atoms with Crippen LogP contribution in [0.5, 0.6) is 0 Å². The topological polar surface area (TPSA) is 0 Å². The molecule has 2 rings (SSSR count). The minimum atomic E-state index is -4.25. The molecule has 3 heteroatoms. The molecule has 1 fully saturated rings. The van der Waals surface area contributed by atoms with E-state index < -0.39 is 11.7 Å². The largest absolute Gasteiger partial charge is 0.416 e. The first kappa shape index (κ1) is 11.2. The molecular formula is C13H13F3. The van der Waals surface area contributed by atoms with Gasteiger partial charge in [-0.1, -0.05) is 25.1 Å². The van der Waals surface area contributed by atoms with Crippen molar-refractivity contribution in [1.29, 1.82) is 0 Å². The second-order valence-corrected chi connectivity index (χ2v) is 4.23. The summed E-state index contributed by atoms with van der Waals surface area (Å²) in [5.41, 5.74) is 1.20. The van der Waals surface area contributed by atoms with Gasteiger partial charge in [-0.3, -0.25) is 0 Å². The van der Waals surface area contributed by atoms with E-state index in [2.05, 4.69) is 6.58 Å². The molecule has 0 N–H and O–H groups in total. The van der Waals surface area contributed by atoms with E-state index >= 15 is 0 Å². The quantitative estimate of drug-likeness (QED) is 0.695. The fraction of sp³-hybridized carbons (Fsp3) is 0.385. The van der Waals surface area contributed by atoms with Crippen LogP contribution in [0.25, 0.3) is 5.57 Å². The van der Waals surface area contributed by atoms with Crippen LogP contribution in [0.3, 0.4) is 0 Å². The maximum absolute atomic E-state index is 12.3. The Morgan fingerprint density at radius 2 is 1.69 bits per heavy atom. The van der Waals surface area contributed by atoms with Crippen molar-refractivity contribution >= 4 is 5.57 Å². The second kappa shape index (κ2) is 3.96. The first-order valence-electron chi connectivity index (χ1n) is 5.35. The third-order valence-electron chi connectivity index (χ3n) is 3.18. The number of alkyl halides is 3. The second-order valence-electron chi connectivity index (χ2n) is 4.23. The normalized spacial score (nSPS) is 16.9. The van der Waals surface area contributed by atoms with Crippen LogP contribution in [0.1, 0.15) is 30.4 Å². The number of rotatable bonds is 2. The Bertz CT molecular complexity index is 383. The summed E-state index contributed by atoms with van der Waals surface area (Å²) >= 11 is 0. The van der Waals surface area contributed by atoms with Gasteiger partial charge in [-0.05, 0) is 42.0 Å². The maximum atomic E-state index is 12.3. The molecule has 86 valence electrons. The first-order chi connectivity index (χ1) is 7.48. The summed E-state index contributed by atoms with van der Waals surface area (Å²) in [7, 11) is 0. The molecule has 1 aromatic rings. The van der Waals surface area contributed by atoms with Gasteiger partial charge < -0.3 is 0 Å². The van der Waals surface area contributed by atoms with Gasteiger partial charge in [-0.15, -0.1) is 0 Å². The van der Waals surface area contributed by atoms with Gasteiger partial charge in [0.15, 0.2) is 0 Å². The summed E-state index contributed by atoms with van der Waals surface area (Å²) in [6.07, 6.45) is -0.833. The molecule has 0 unspecified atom stereocenters. The van der Waals surface area contributed by atoms with E-state index in [1.54, 1.807) is 0 Å². The van der Waals surface area contributed by atoms with Gasteiger partial charge in [0.1, 0.15) is 0 Å². The van der Waals surface area contributed by atoms with Crippen LogP contribution in [0.2, 0.25) is 0 Å². The molecular weight excluding hydrogens is 213 g/mol. The van der Waals surface area contributed by atoms with Crippen LogP contribution >= 0.6 is 0 Å². The van der Waals surface area contributed by atoms with E-state index in [1.807, 2.05) is 0 Å². The van der Waals surface area contributed by atoms with Crippen LogP contribution < -0.4 is 0 Å². The number of hydrogen-bond acceptors (Lipinski definition) is 0. The van der Waals surface area contributed by atoms with Crippen molar-refractivity contribution < 1.29 is 13.2 Å². The van der Waals surface area contributed by atoms with E-state index in [0.29, 0.717) is 5.92 Å². The minimum Gasteiger partial charge on any atom is -0.166 e. The van der Waals surface area contributed by atoms with Crippen molar-refractivity contribution in [2.75, 3.05) is 0 Å². The molecule has 0 bridgehead atoms. The number of hydrogen-bond donors (Lipinski definition) is 0. The summed E-state index contributed by atoms with van der Waals surface area (Å²) < 4.78 is 37.0. The Balaban J connectivity index is 2.15. The predicted molar refractivity (Wildman–Crippen MR) is 57.8 cm³/mol. The lowest BCUT2D eigenvalue weighted by molar-refractivity contribution is -0.137. The summed E-state index contributed by atoms with van der Waals surface area (Å²) in [4.78, 5) is 0. The Kier molecular flexibility index (Phi) is 2.78. The van der Waals surface area contributed by atoms with E-state index in [9.17, 15) is 13.2 Å². The average molecular weight is 226 g/mol. The third-order valence-corrected chi connectivity index (χ3v) is 3.18. The molecule has 1 saturated carbocycles. The highest BCUT2D eigenvalue weighted by Gasteiger charge is 2.30. The summed E-state index contributed by atoms with van der Waals surface area (Å²) in [6.45, 7) is 3.96. The minimum absolute atomic E-state index is 0.469. The standard InChI is InChI=1S/C13H13F3/c1-9(10-3-2-4-10)11-5-7-12(8-6-11)13(14,15)16/h5-8,10H,1-4H2. The zero-order valence-electron chi connectivity index (χ0n) is 8.85. The lowest BCUT2D eigenvalue weighted by atomic mass is 9.78. The van der Waals surface area contributed by atoms with Gasteiger partial charge in [0.25, 0.3) is 0 Å². The van der Waals surface area contributed by atoms with Crippen LogP contribution in [-0.2, 0) is 6.18 Å². The molecule has 0 radical (unpaired) electrons. The van der Waals surface area contributed by atoms with Crippen LogP contribution in [0.15, 0.2) is 30.8 Å².